The summed E-state index contributed by atoms with van der Waals surface area (Å²) < 4.78 is 0. The zero-order chi connectivity index (χ0) is 39.9. The molecule has 0 amide bonds. The lowest BCUT2D eigenvalue weighted by Crippen LogP contribution is -2.24. The third kappa shape index (κ3) is 5.04. The number of fused-ring (bicyclic) bond motifs is 7. The minimum absolute atomic E-state index is 1.12. The largest absolute Gasteiger partial charge is 0.341 e. The van der Waals surface area contributed by atoms with E-state index in [1.54, 1.807) is 0 Å². The highest BCUT2D eigenvalue weighted by molar-refractivity contribution is 6.25. The van der Waals surface area contributed by atoms with Gasteiger partial charge in [0.25, 0.3) is 0 Å². The fourth-order valence-corrected chi connectivity index (χ4v) is 9.95. The van der Waals surface area contributed by atoms with Crippen LogP contribution in [0.4, 0.5) is 56.9 Å². The Hall–Kier alpha value is -7.82. The van der Waals surface area contributed by atoms with E-state index in [0.29, 0.717) is 0 Å². The first-order chi connectivity index (χ1) is 29.6. The Morgan fingerprint density at radius 2 is 0.683 bits per heavy atom. The third-order valence-corrected chi connectivity index (χ3v) is 12.7. The Morgan fingerprint density at radius 1 is 0.283 bits per heavy atom. The quantitative estimate of drug-likeness (QED) is 0.165. The van der Waals surface area contributed by atoms with Crippen molar-refractivity contribution >= 4 is 89.2 Å². The summed E-state index contributed by atoms with van der Waals surface area (Å²) in [5.41, 5.74) is 16.5. The van der Waals surface area contributed by atoms with E-state index in [1.165, 1.54) is 77.3 Å². The molecule has 0 saturated heterocycles. The lowest BCUT2D eigenvalue weighted by atomic mass is 9.84. The molecule has 0 aromatic heterocycles. The summed E-state index contributed by atoms with van der Waals surface area (Å²) in [5, 5.41) is 7.32. The maximum atomic E-state index is 2.44. The second kappa shape index (κ2) is 13.4. The molecule has 0 bridgehead atoms. The minimum Gasteiger partial charge on any atom is -0.341 e. The second-order valence-electron chi connectivity index (χ2n) is 15.8. The molecule has 2 aliphatic rings. The van der Waals surface area contributed by atoms with Crippen LogP contribution in [0.25, 0.3) is 54.6 Å². The Bertz CT molecular complexity index is 3230. The molecule has 2 aliphatic heterocycles. The molecule has 284 valence electrons. The van der Waals surface area contributed by atoms with Gasteiger partial charge in [-0.15, -0.1) is 0 Å². The van der Waals surface area contributed by atoms with Gasteiger partial charge in [-0.2, -0.15) is 0 Å². The summed E-state index contributed by atoms with van der Waals surface area (Å²) in [5.74, 6) is 0. The van der Waals surface area contributed by atoms with Gasteiger partial charge in [0.15, 0.2) is 0 Å². The standard InChI is InChI=1S/C56H40N4/c1-57-47-23-8-12-27-51(47)59(52-28-13-9-24-48(52)57)39-32-34-44-45(35-39)55(38-18-4-3-5-19-38)43-33-31-40(36-46(43)56(44)42-22-16-20-37-17-6-7-21-41(37)42)60-53-29-14-10-25-49(53)58(2)50-26-11-15-30-54(50)60/h3-36H,1-2H3. The number of anilines is 10. The van der Waals surface area contributed by atoms with E-state index in [1.807, 2.05) is 0 Å². The number of para-hydroxylation sites is 8. The normalized spacial score (nSPS) is 13.0. The van der Waals surface area contributed by atoms with Gasteiger partial charge in [0.2, 0.25) is 0 Å². The van der Waals surface area contributed by atoms with Crippen LogP contribution in [0.5, 0.6) is 0 Å². The van der Waals surface area contributed by atoms with Gasteiger partial charge in [-0.3, -0.25) is 0 Å². The number of benzene rings is 10. The molecule has 60 heavy (non-hydrogen) atoms. The Morgan fingerprint density at radius 3 is 1.20 bits per heavy atom. The predicted molar refractivity (Wildman–Crippen MR) is 255 cm³/mol. The van der Waals surface area contributed by atoms with E-state index < -0.39 is 0 Å². The predicted octanol–water partition coefficient (Wildman–Crippen LogP) is 15.6. The van der Waals surface area contributed by atoms with Crippen molar-refractivity contribution in [2.45, 2.75) is 0 Å². The summed E-state index contributed by atoms with van der Waals surface area (Å²) in [6.07, 6.45) is 0. The van der Waals surface area contributed by atoms with E-state index >= 15 is 0 Å². The maximum Gasteiger partial charge on any atom is 0.0699 e. The monoisotopic (exact) mass is 768 g/mol. The number of hydrogen-bond acceptors (Lipinski definition) is 4. The Labute approximate surface area is 350 Å². The van der Waals surface area contributed by atoms with Crippen LogP contribution in [0.15, 0.2) is 206 Å². The fraction of sp³-hybridized carbons (Fsp3) is 0.0357. The highest BCUT2D eigenvalue weighted by Gasteiger charge is 2.30. The van der Waals surface area contributed by atoms with Gasteiger partial charge in [0, 0.05) is 25.5 Å². The van der Waals surface area contributed by atoms with Crippen LogP contribution in [0.3, 0.4) is 0 Å². The molecule has 4 heteroatoms. The van der Waals surface area contributed by atoms with Crippen molar-refractivity contribution < 1.29 is 0 Å². The van der Waals surface area contributed by atoms with Crippen molar-refractivity contribution in [1.29, 1.82) is 0 Å². The zero-order valence-electron chi connectivity index (χ0n) is 33.4. The van der Waals surface area contributed by atoms with Crippen LogP contribution in [-0.4, -0.2) is 14.1 Å². The average Bonchev–Trinajstić information content (AvgIpc) is 3.31. The minimum atomic E-state index is 1.12. The van der Waals surface area contributed by atoms with E-state index in [9.17, 15) is 0 Å². The molecule has 0 saturated carbocycles. The van der Waals surface area contributed by atoms with Gasteiger partial charge < -0.3 is 19.6 Å². The topological polar surface area (TPSA) is 13.0 Å². The smallest absolute Gasteiger partial charge is 0.0699 e. The molecule has 0 radical (unpaired) electrons. The van der Waals surface area contributed by atoms with Crippen molar-refractivity contribution in [2.75, 3.05) is 33.7 Å². The molecular weight excluding hydrogens is 729 g/mol. The Balaban J connectivity index is 1.20. The molecular formula is C56H40N4. The van der Waals surface area contributed by atoms with Crippen LogP contribution >= 0.6 is 0 Å². The van der Waals surface area contributed by atoms with Crippen molar-refractivity contribution in [2.24, 2.45) is 0 Å². The molecule has 10 aromatic carbocycles. The molecule has 12 rings (SSSR count). The van der Waals surface area contributed by atoms with E-state index in [4.69, 9.17) is 0 Å². The maximum absolute atomic E-state index is 2.44. The highest BCUT2D eigenvalue weighted by Crippen LogP contribution is 2.55. The average molecular weight is 769 g/mol. The van der Waals surface area contributed by atoms with Gasteiger partial charge in [-0.1, -0.05) is 133 Å². The molecule has 0 unspecified atom stereocenters. The van der Waals surface area contributed by atoms with Crippen molar-refractivity contribution in [3.8, 4) is 22.3 Å². The molecule has 0 spiro atoms. The first-order valence-corrected chi connectivity index (χ1v) is 20.6. The van der Waals surface area contributed by atoms with E-state index in [-0.39, 0.29) is 0 Å². The molecule has 0 fully saturated rings. The van der Waals surface area contributed by atoms with Crippen LogP contribution in [-0.2, 0) is 0 Å². The van der Waals surface area contributed by atoms with E-state index in [2.05, 4.69) is 240 Å². The number of hydrogen-bond donors (Lipinski definition) is 0. The Kier molecular flexibility index (Phi) is 7.63. The number of rotatable bonds is 4. The van der Waals surface area contributed by atoms with Crippen LogP contribution in [0.2, 0.25) is 0 Å². The first-order valence-electron chi connectivity index (χ1n) is 20.6. The third-order valence-electron chi connectivity index (χ3n) is 12.7. The molecule has 0 N–H and O–H groups in total. The van der Waals surface area contributed by atoms with Gasteiger partial charge in [0.05, 0.1) is 45.5 Å². The summed E-state index contributed by atoms with van der Waals surface area (Å²) in [6.45, 7) is 0. The van der Waals surface area contributed by atoms with Crippen LogP contribution < -0.4 is 19.6 Å². The SMILES string of the molecule is CN1c2ccccc2N(c2ccc3c(-c4cccc5ccccc45)c4cc(N5c6ccccc6N(C)c6ccccc65)ccc4c(-c4ccccc4)c3c2)c2ccccc21. The first kappa shape index (κ1) is 34.2. The summed E-state index contributed by atoms with van der Waals surface area (Å²) in [7, 11) is 4.33. The molecule has 0 aliphatic carbocycles. The summed E-state index contributed by atoms with van der Waals surface area (Å²) in [4.78, 5) is 9.48. The zero-order valence-corrected chi connectivity index (χ0v) is 33.4. The second-order valence-corrected chi connectivity index (χ2v) is 15.8. The van der Waals surface area contributed by atoms with Crippen molar-refractivity contribution in [1.82, 2.24) is 0 Å². The van der Waals surface area contributed by atoms with Crippen molar-refractivity contribution in [3.05, 3.63) is 206 Å². The lowest BCUT2D eigenvalue weighted by molar-refractivity contribution is 1.13. The van der Waals surface area contributed by atoms with Crippen molar-refractivity contribution in [3.63, 3.8) is 0 Å². The van der Waals surface area contributed by atoms with Gasteiger partial charge >= 0.3 is 0 Å². The highest BCUT2D eigenvalue weighted by atomic mass is 15.3. The summed E-state index contributed by atoms with van der Waals surface area (Å²) >= 11 is 0. The van der Waals surface area contributed by atoms with E-state index in [0.717, 1.165) is 34.1 Å². The van der Waals surface area contributed by atoms with Crippen LogP contribution in [0, 0.1) is 0 Å². The van der Waals surface area contributed by atoms with Gasteiger partial charge in [-0.05, 0) is 127 Å². The van der Waals surface area contributed by atoms with Gasteiger partial charge in [-0.25, -0.2) is 0 Å². The fourth-order valence-electron chi connectivity index (χ4n) is 9.95. The molecule has 2 heterocycles. The molecule has 0 atom stereocenters. The summed E-state index contributed by atoms with van der Waals surface area (Å²) in [6, 6.07) is 75.7. The molecule has 4 nitrogen and oxygen atoms in total. The van der Waals surface area contributed by atoms with Crippen LogP contribution in [0.1, 0.15) is 0 Å². The lowest BCUT2D eigenvalue weighted by Gasteiger charge is -2.39. The van der Waals surface area contributed by atoms with Gasteiger partial charge in [0.1, 0.15) is 0 Å². The molecule has 10 aromatic rings. The number of nitrogens with zero attached hydrogens (tertiary/aromatic N) is 4.